The molecule has 0 aromatic heterocycles. The minimum absolute atomic E-state index is 0.285. The zero-order chi connectivity index (χ0) is 24.3. The van der Waals surface area contributed by atoms with Crippen molar-refractivity contribution < 1.29 is 44.1 Å². The number of aliphatic hydroxyl groups is 1. The Kier molecular flexibility index (Phi) is 12.1. The van der Waals surface area contributed by atoms with E-state index in [1.54, 1.807) is 0 Å². The van der Waals surface area contributed by atoms with Gasteiger partial charge in [-0.1, -0.05) is 0 Å². The van der Waals surface area contributed by atoms with Gasteiger partial charge in [-0.2, -0.15) is 12.6 Å². The van der Waals surface area contributed by atoms with E-state index in [-0.39, 0.29) is 5.75 Å². The van der Waals surface area contributed by atoms with E-state index in [1.165, 1.54) is 6.92 Å². The smallest absolute Gasteiger partial charge is 0.327 e. The molecule has 0 bridgehead atoms. The molecule has 0 aliphatic heterocycles. The average molecular weight is 465 g/mol. The summed E-state index contributed by atoms with van der Waals surface area (Å²) in [5, 5.41) is 33.6. The summed E-state index contributed by atoms with van der Waals surface area (Å²) < 4.78 is 0. The Morgan fingerprint density at radius 1 is 0.903 bits per heavy atom. The molecular formula is C16H27N5O9S. The fraction of sp³-hybridized carbons (Fsp3) is 0.625. The molecule has 5 atom stereocenters. The van der Waals surface area contributed by atoms with Crippen LogP contribution in [0, 0.1) is 0 Å². The van der Waals surface area contributed by atoms with Crippen LogP contribution in [-0.4, -0.2) is 86.9 Å². The molecule has 0 saturated carbocycles. The topological polar surface area (TPSA) is 251 Å². The van der Waals surface area contributed by atoms with E-state index >= 15 is 0 Å². The van der Waals surface area contributed by atoms with E-state index in [1.807, 2.05) is 0 Å². The van der Waals surface area contributed by atoms with Crippen molar-refractivity contribution in [2.24, 2.45) is 11.5 Å². The largest absolute Gasteiger partial charge is 0.481 e. The lowest BCUT2D eigenvalue weighted by atomic mass is 10.1. The third-order valence-corrected chi connectivity index (χ3v) is 4.30. The van der Waals surface area contributed by atoms with E-state index in [9.17, 15) is 33.9 Å². The Morgan fingerprint density at radius 3 is 1.81 bits per heavy atom. The van der Waals surface area contributed by atoms with Crippen molar-refractivity contribution in [3.63, 3.8) is 0 Å². The van der Waals surface area contributed by atoms with Gasteiger partial charge in [0.15, 0.2) is 0 Å². The van der Waals surface area contributed by atoms with Gasteiger partial charge >= 0.3 is 11.9 Å². The van der Waals surface area contributed by atoms with Crippen LogP contribution in [0.1, 0.15) is 26.2 Å². The van der Waals surface area contributed by atoms with Gasteiger partial charge in [-0.15, -0.1) is 0 Å². The zero-order valence-electron chi connectivity index (χ0n) is 16.6. The Labute approximate surface area is 182 Å². The summed E-state index contributed by atoms with van der Waals surface area (Å²) in [7, 11) is 0. The van der Waals surface area contributed by atoms with Crippen molar-refractivity contribution in [2.75, 3.05) is 5.75 Å². The molecule has 5 unspecified atom stereocenters. The maximum atomic E-state index is 12.6. The van der Waals surface area contributed by atoms with Crippen molar-refractivity contribution in [1.29, 1.82) is 0 Å². The quantitative estimate of drug-likeness (QED) is 0.112. The van der Waals surface area contributed by atoms with Gasteiger partial charge in [-0.3, -0.25) is 24.0 Å². The molecule has 0 aromatic carbocycles. The predicted octanol–water partition coefficient (Wildman–Crippen LogP) is -4.10. The molecule has 176 valence electrons. The van der Waals surface area contributed by atoms with Crippen molar-refractivity contribution in [2.45, 2.75) is 56.5 Å². The van der Waals surface area contributed by atoms with Crippen LogP contribution in [-0.2, 0) is 28.8 Å². The summed E-state index contributed by atoms with van der Waals surface area (Å²) in [5.41, 5.74) is 10.5. The number of carboxylic acid groups (broad SMARTS) is 2. The van der Waals surface area contributed by atoms with Crippen LogP contribution < -0.4 is 27.4 Å². The number of carbonyl (C=O) groups is 6. The Bertz CT molecular complexity index is 703. The third-order valence-electron chi connectivity index (χ3n) is 3.94. The van der Waals surface area contributed by atoms with Crippen LogP contribution in [0.4, 0.5) is 0 Å². The highest BCUT2D eigenvalue weighted by atomic mass is 32.1. The van der Waals surface area contributed by atoms with Crippen LogP contribution in [0.2, 0.25) is 0 Å². The molecule has 0 aliphatic rings. The lowest BCUT2D eigenvalue weighted by molar-refractivity contribution is -0.141. The number of primary amides is 1. The fourth-order valence-corrected chi connectivity index (χ4v) is 2.41. The highest BCUT2D eigenvalue weighted by molar-refractivity contribution is 7.80. The normalized spacial score (nSPS) is 15.5. The molecule has 0 aromatic rings. The second kappa shape index (κ2) is 13.4. The first-order valence-corrected chi connectivity index (χ1v) is 9.61. The van der Waals surface area contributed by atoms with Crippen LogP contribution in [0.25, 0.3) is 0 Å². The van der Waals surface area contributed by atoms with Crippen LogP contribution in [0.15, 0.2) is 0 Å². The number of carbonyl (C=O) groups excluding carboxylic acids is 4. The van der Waals surface area contributed by atoms with Crippen molar-refractivity contribution >= 4 is 48.2 Å². The molecule has 31 heavy (non-hydrogen) atoms. The highest BCUT2D eigenvalue weighted by Crippen LogP contribution is 2.03. The highest BCUT2D eigenvalue weighted by Gasteiger charge is 2.31. The monoisotopic (exact) mass is 465 g/mol. The van der Waals surface area contributed by atoms with E-state index in [4.69, 9.17) is 21.7 Å². The van der Waals surface area contributed by atoms with Gasteiger partial charge in [-0.05, 0) is 13.3 Å². The Hall–Kier alpha value is -2.91. The molecule has 15 heteroatoms. The van der Waals surface area contributed by atoms with E-state index in [0.717, 1.165) is 0 Å². The molecule has 4 amide bonds. The predicted molar refractivity (Wildman–Crippen MR) is 108 cm³/mol. The van der Waals surface area contributed by atoms with Crippen molar-refractivity contribution in [3.05, 3.63) is 0 Å². The number of nitrogens with two attached hydrogens (primary N) is 2. The molecule has 10 N–H and O–H groups in total. The average Bonchev–Trinajstić information content (AvgIpc) is 2.66. The summed E-state index contributed by atoms with van der Waals surface area (Å²) >= 11 is 3.78. The molecule has 0 fully saturated rings. The molecule has 0 radical (unpaired) electrons. The van der Waals surface area contributed by atoms with E-state index in [0.29, 0.717) is 0 Å². The summed E-state index contributed by atoms with van der Waals surface area (Å²) in [5.74, 6) is -7.04. The number of aliphatic carboxylic acids is 2. The number of amides is 4. The van der Waals surface area contributed by atoms with Crippen LogP contribution in [0.3, 0.4) is 0 Å². The lowest BCUT2D eigenvalue weighted by Crippen LogP contribution is -2.58. The minimum atomic E-state index is -1.61. The summed E-state index contributed by atoms with van der Waals surface area (Å²) in [4.78, 5) is 70.1. The van der Waals surface area contributed by atoms with Crippen LogP contribution >= 0.6 is 12.6 Å². The molecule has 0 heterocycles. The van der Waals surface area contributed by atoms with Gasteiger partial charge in [0.25, 0.3) is 0 Å². The summed E-state index contributed by atoms with van der Waals surface area (Å²) in [6, 6.07) is -5.94. The molecule has 14 nitrogen and oxygen atoms in total. The van der Waals surface area contributed by atoms with Gasteiger partial charge < -0.3 is 42.7 Å². The summed E-state index contributed by atoms with van der Waals surface area (Å²) in [6.45, 7) is 1.23. The van der Waals surface area contributed by atoms with Gasteiger partial charge in [-0.25, -0.2) is 4.79 Å². The second-order valence-corrected chi connectivity index (χ2v) is 6.94. The van der Waals surface area contributed by atoms with Crippen molar-refractivity contribution in [3.8, 4) is 0 Å². The maximum Gasteiger partial charge on any atom is 0.327 e. The summed E-state index contributed by atoms with van der Waals surface area (Å²) in [6.07, 6.45) is -2.93. The number of hydrogen-bond acceptors (Lipinski definition) is 9. The first kappa shape index (κ1) is 28.1. The number of rotatable bonds is 14. The molecule has 0 aliphatic carbocycles. The standard InChI is InChI=1S/C16H27N5O9S/c1-6(22)12(18)15(28)19-7(2-3-11(24)25)13(26)20-8(4-10(17)23)14(27)21-9(5-31)16(29)30/h6-9,12,22,31H,2-5,18H2,1H3,(H2,17,23)(H,19,28)(H,20,26)(H,21,27)(H,24,25)(H,29,30). The second-order valence-electron chi connectivity index (χ2n) is 6.57. The SMILES string of the molecule is CC(O)C(N)C(=O)NC(CCC(=O)O)C(=O)NC(CC(N)=O)C(=O)NC(CS)C(=O)O. The number of carboxylic acids is 2. The van der Waals surface area contributed by atoms with Gasteiger partial charge in [0.2, 0.25) is 23.6 Å². The number of thiol groups is 1. The van der Waals surface area contributed by atoms with E-state index in [2.05, 4.69) is 28.6 Å². The third kappa shape index (κ3) is 10.6. The first-order chi connectivity index (χ1) is 14.3. The van der Waals surface area contributed by atoms with Crippen molar-refractivity contribution in [1.82, 2.24) is 16.0 Å². The van der Waals surface area contributed by atoms with Gasteiger partial charge in [0, 0.05) is 12.2 Å². The molecule has 0 spiro atoms. The number of nitrogens with one attached hydrogen (secondary N) is 3. The molecular weight excluding hydrogens is 438 g/mol. The molecule has 0 saturated heterocycles. The minimum Gasteiger partial charge on any atom is -0.481 e. The first-order valence-electron chi connectivity index (χ1n) is 8.98. The lowest BCUT2D eigenvalue weighted by Gasteiger charge is -2.24. The van der Waals surface area contributed by atoms with Gasteiger partial charge in [0.1, 0.15) is 24.2 Å². The van der Waals surface area contributed by atoms with E-state index < -0.39 is 85.1 Å². The maximum absolute atomic E-state index is 12.6. The zero-order valence-corrected chi connectivity index (χ0v) is 17.5. The fourth-order valence-electron chi connectivity index (χ4n) is 2.16. The number of hydrogen-bond donors (Lipinski definition) is 9. The molecule has 0 rings (SSSR count). The van der Waals surface area contributed by atoms with Crippen LogP contribution in [0.5, 0.6) is 0 Å². The number of aliphatic hydroxyl groups excluding tert-OH is 1. The Balaban J connectivity index is 5.51. The van der Waals surface area contributed by atoms with Gasteiger partial charge in [0.05, 0.1) is 12.5 Å². The Morgan fingerprint density at radius 2 is 1.39 bits per heavy atom.